The van der Waals surface area contributed by atoms with E-state index in [-0.39, 0.29) is 11.8 Å². The summed E-state index contributed by atoms with van der Waals surface area (Å²) in [6, 6.07) is 6.24. The maximum atomic E-state index is 13.1. The summed E-state index contributed by atoms with van der Waals surface area (Å²) in [5.74, 6) is -1.76. The topological polar surface area (TPSA) is 131 Å². The SMILES string of the molecule is Nc1ccc(/N=N/c2cc(C(=O)O)c([N+](=O)[O-])cc2C(F)(F)F)cc1. The molecule has 0 atom stereocenters. The van der Waals surface area contributed by atoms with Gasteiger partial charge in [-0.15, -0.1) is 5.11 Å². The third-order valence-corrected chi connectivity index (χ3v) is 3.01. The van der Waals surface area contributed by atoms with Gasteiger partial charge in [-0.1, -0.05) is 0 Å². The van der Waals surface area contributed by atoms with Crippen molar-refractivity contribution in [1.82, 2.24) is 0 Å². The zero-order valence-electron chi connectivity index (χ0n) is 12.2. The van der Waals surface area contributed by atoms with E-state index in [0.29, 0.717) is 11.8 Å². The zero-order valence-corrected chi connectivity index (χ0v) is 12.2. The maximum Gasteiger partial charge on any atom is 0.418 e. The minimum atomic E-state index is -4.99. The van der Waals surface area contributed by atoms with Gasteiger partial charge in [-0.3, -0.25) is 10.1 Å². The maximum absolute atomic E-state index is 13.1. The predicted octanol–water partition coefficient (Wildman–Crippen LogP) is 4.31. The summed E-state index contributed by atoms with van der Waals surface area (Å²) >= 11 is 0. The molecule has 130 valence electrons. The standard InChI is InChI=1S/C14H9F3N4O4/c15-14(16,17)10-6-12(21(24)25)9(13(22)23)5-11(10)20-19-8-3-1-7(18)2-4-8/h1-6H,18H2,(H,22,23)/b20-19+. The Morgan fingerprint density at radius 2 is 1.76 bits per heavy atom. The van der Waals surface area contributed by atoms with Gasteiger partial charge in [-0.05, 0) is 30.3 Å². The monoisotopic (exact) mass is 354 g/mol. The summed E-state index contributed by atoms with van der Waals surface area (Å²) < 4.78 is 39.3. The molecule has 2 rings (SSSR count). The summed E-state index contributed by atoms with van der Waals surface area (Å²) in [7, 11) is 0. The highest BCUT2D eigenvalue weighted by Crippen LogP contribution is 2.40. The molecule has 3 N–H and O–H groups in total. The molecule has 0 aromatic heterocycles. The third kappa shape index (κ3) is 4.07. The molecule has 0 spiro atoms. The molecule has 0 aliphatic heterocycles. The molecule has 0 aliphatic carbocycles. The highest BCUT2D eigenvalue weighted by atomic mass is 19.4. The van der Waals surface area contributed by atoms with Crippen LogP contribution in [-0.4, -0.2) is 16.0 Å². The molecule has 0 radical (unpaired) electrons. The van der Waals surface area contributed by atoms with Crippen molar-refractivity contribution < 1.29 is 28.0 Å². The Labute approximate surface area is 137 Å². The van der Waals surface area contributed by atoms with Crippen LogP contribution in [0.2, 0.25) is 0 Å². The number of hydrogen-bond acceptors (Lipinski definition) is 6. The van der Waals surface area contributed by atoms with Crippen molar-refractivity contribution in [2.24, 2.45) is 10.2 Å². The van der Waals surface area contributed by atoms with Crippen molar-refractivity contribution >= 4 is 28.7 Å². The van der Waals surface area contributed by atoms with E-state index >= 15 is 0 Å². The highest BCUT2D eigenvalue weighted by molar-refractivity contribution is 5.94. The van der Waals surface area contributed by atoms with Gasteiger partial charge in [0.25, 0.3) is 5.69 Å². The van der Waals surface area contributed by atoms with E-state index in [1.807, 2.05) is 0 Å². The molecule has 0 unspecified atom stereocenters. The summed E-state index contributed by atoms with van der Waals surface area (Å²) in [6.07, 6.45) is -4.99. The molecule has 2 aromatic rings. The van der Waals surface area contributed by atoms with Crippen molar-refractivity contribution in [2.75, 3.05) is 5.73 Å². The van der Waals surface area contributed by atoms with E-state index in [1.165, 1.54) is 24.3 Å². The Morgan fingerprint density at radius 1 is 1.16 bits per heavy atom. The van der Waals surface area contributed by atoms with Gasteiger partial charge in [0.15, 0.2) is 0 Å². The number of alkyl halides is 3. The lowest BCUT2D eigenvalue weighted by Crippen LogP contribution is -2.09. The average molecular weight is 354 g/mol. The van der Waals surface area contributed by atoms with Gasteiger partial charge >= 0.3 is 12.1 Å². The van der Waals surface area contributed by atoms with Gasteiger partial charge in [0.1, 0.15) is 5.56 Å². The normalized spacial score (nSPS) is 11.6. The van der Waals surface area contributed by atoms with Gasteiger partial charge in [0.05, 0.1) is 21.9 Å². The van der Waals surface area contributed by atoms with E-state index < -0.39 is 39.6 Å². The number of anilines is 1. The average Bonchev–Trinajstić information content (AvgIpc) is 2.52. The Morgan fingerprint density at radius 3 is 2.24 bits per heavy atom. The number of nitrogens with two attached hydrogens (primary N) is 1. The Bertz CT molecular complexity index is 864. The van der Waals surface area contributed by atoms with Crippen LogP contribution in [0, 0.1) is 10.1 Å². The molecule has 0 aliphatic rings. The van der Waals surface area contributed by atoms with Crippen molar-refractivity contribution in [2.45, 2.75) is 6.18 Å². The molecule has 8 nitrogen and oxygen atoms in total. The van der Waals surface area contributed by atoms with Gasteiger partial charge in [-0.25, -0.2) is 4.79 Å². The first-order chi connectivity index (χ1) is 11.6. The van der Waals surface area contributed by atoms with E-state index in [9.17, 15) is 28.1 Å². The molecule has 2 aromatic carbocycles. The molecular weight excluding hydrogens is 345 g/mol. The molecule has 0 amide bonds. The number of carbonyl (C=O) groups is 1. The fourth-order valence-electron chi connectivity index (χ4n) is 1.86. The van der Waals surface area contributed by atoms with Crippen molar-refractivity contribution in [3.8, 4) is 0 Å². The summed E-state index contributed by atoms with van der Waals surface area (Å²) in [5, 5.41) is 26.8. The number of aromatic carboxylic acids is 1. The van der Waals surface area contributed by atoms with Crippen molar-refractivity contribution in [1.29, 1.82) is 0 Å². The number of nitrogen functional groups attached to an aromatic ring is 1. The van der Waals surface area contributed by atoms with Crippen LogP contribution in [0.1, 0.15) is 15.9 Å². The fraction of sp³-hybridized carbons (Fsp3) is 0.0714. The summed E-state index contributed by atoms with van der Waals surface area (Å²) in [5.41, 5.74) is 1.59. The molecule has 0 heterocycles. The number of halogens is 3. The predicted molar refractivity (Wildman–Crippen MR) is 80.1 cm³/mol. The number of nitro benzene ring substituents is 1. The van der Waals surface area contributed by atoms with E-state index in [0.717, 1.165) is 0 Å². The lowest BCUT2D eigenvalue weighted by atomic mass is 10.1. The lowest BCUT2D eigenvalue weighted by molar-refractivity contribution is -0.385. The number of rotatable bonds is 4. The van der Waals surface area contributed by atoms with Gasteiger partial charge in [0.2, 0.25) is 0 Å². The largest absolute Gasteiger partial charge is 0.477 e. The van der Waals surface area contributed by atoms with Crippen LogP contribution in [0.3, 0.4) is 0 Å². The van der Waals surface area contributed by atoms with Crippen LogP contribution >= 0.6 is 0 Å². The first-order valence-electron chi connectivity index (χ1n) is 6.50. The minimum Gasteiger partial charge on any atom is -0.477 e. The van der Waals surface area contributed by atoms with Crippen LogP contribution in [0.25, 0.3) is 0 Å². The summed E-state index contributed by atoms with van der Waals surface area (Å²) in [6.45, 7) is 0. The molecule has 0 fully saturated rings. The van der Waals surface area contributed by atoms with Crippen LogP contribution in [0.4, 0.5) is 35.9 Å². The van der Waals surface area contributed by atoms with Crippen LogP contribution < -0.4 is 5.73 Å². The number of benzene rings is 2. The Kier molecular flexibility index (Phi) is 4.68. The number of nitrogens with zero attached hydrogens (tertiary/aromatic N) is 3. The second kappa shape index (κ2) is 6.55. The van der Waals surface area contributed by atoms with Crippen LogP contribution in [-0.2, 0) is 6.18 Å². The van der Waals surface area contributed by atoms with Crippen LogP contribution in [0.5, 0.6) is 0 Å². The first-order valence-corrected chi connectivity index (χ1v) is 6.50. The smallest absolute Gasteiger partial charge is 0.418 e. The third-order valence-electron chi connectivity index (χ3n) is 3.01. The van der Waals surface area contributed by atoms with E-state index in [4.69, 9.17) is 10.8 Å². The second-order valence-corrected chi connectivity index (χ2v) is 4.74. The zero-order chi connectivity index (χ0) is 18.8. The molecular formula is C14H9F3N4O4. The Hall–Kier alpha value is -3.50. The Balaban J connectivity index is 2.61. The number of azo groups is 1. The van der Waals surface area contributed by atoms with Gasteiger partial charge in [-0.2, -0.15) is 18.3 Å². The minimum absolute atomic E-state index is 0.126. The summed E-state index contributed by atoms with van der Waals surface area (Å²) in [4.78, 5) is 20.7. The molecule has 0 bridgehead atoms. The van der Waals surface area contributed by atoms with Gasteiger partial charge < -0.3 is 10.8 Å². The van der Waals surface area contributed by atoms with Crippen LogP contribution in [0.15, 0.2) is 46.6 Å². The lowest BCUT2D eigenvalue weighted by Gasteiger charge is -2.10. The second-order valence-electron chi connectivity index (χ2n) is 4.74. The molecule has 0 saturated heterocycles. The highest BCUT2D eigenvalue weighted by Gasteiger charge is 2.37. The number of hydrogen-bond donors (Lipinski definition) is 2. The van der Waals surface area contributed by atoms with Gasteiger partial charge in [0, 0.05) is 11.8 Å². The molecule has 11 heteroatoms. The molecule has 25 heavy (non-hydrogen) atoms. The van der Waals surface area contributed by atoms with E-state index in [2.05, 4.69) is 10.2 Å². The molecule has 0 saturated carbocycles. The van der Waals surface area contributed by atoms with Crippen molar-refractivity contribution in [3.63, 3.8) is 0 Å². The van der Waals surface area contributed by atoms with E-state index in [1.54, 1.807) is 0 Å². The number of carboxylic acids is 1. The quantitative estimate of drug-likeness (QED) is 0.365. The number of nitro groups is 1. The first kappa shape index (κ1) is 17.8. The fourth-order valence-corrected chi connectivity index (χ4v) is 1.86. The number of carboxylic acid groups (broad SMARTS) is 1. The van der Waals surface area contributed by atoms with Crippen molar-refractivity contribution in [3.05, 3.63) is 57.6 Å².